The van der Waals surface area contributed by atoms with Crippen molar-refractivity contribution in [3.05, 3.63) is 11.5 Å². The van der Waals surface area contributed by atoms with Crippen LogP contribution < -0.4 is 10.5 Å². The first-order valence-corrected chi connectivity index (χ1v) is 4.78. The van der Waals surface area contributed by atoms with Crippen molar-refractivity contribution in [2.75, 3.05) is 6.61 Å². The fourth-order valence-corrected chi connectivity index (χ4v) is 1.37. The number of nitrogens with zero attached hydrogens (tertiary/aromatic N) is 3. The van der Waals surface area contributed by atoms with Crippen LogP contribution in [0.4, 0.5) is 0 Å². The molecule has 0 radical (unpaired) electrons. The van der Waals surface area contributed by atoms with Crippen LogP contribution in [0.5, 0.6) is 6.01 Å². The molecule has 1 amide bonds. The second kappa shape index (κ2) is 3.76. The van der Waals surface area contributed by atoms with E-state index in [1.54, 1.807) is 6.92 Å². The van der Waals surface area contributed by atoms with Gasteiger partial charge in [0.15, 0.2) is 11.3 Å². The van der Waals surface area contributed by atoms with Crippen molar-refractivity contribution in [3.63, 3.8) is 0 Å². The number of H-pyrrole nitrogens is 1. The molecule has 0 fully saturated rings. The van der Waals surface area contributed by atoms with E-state index in [4.69, 9.17) is 10.5 Å². The Hall–Kier alpha value is -2.18. The fourth-order valence-electron chi connectivity index (χ4n) is 1.37. The minimum absolute atomic E-state index is 0.126. The Bertz CT molecular complexity index is 548. The summed E-state index contributed by atoms with van der Waals surface area (Å²) in [5.41, 5.74) is 6.12. The second-order valence-electron chi connectivity index (χ2n) is 3.16. The molecule has 3 N–H and O–H groups in total. The lowest BCUT2D eigenvalue weighted by Crippen LogP contribution is -2.15. The maximum absolute atomic E-state index is 11.2. The first kappa shape index (κ1) is 10.3. The summed E-state index contributed by atoms with van der Waals surface area (Å²) < 4.78 is 5.18. The highest BCUT2D eigenvalue weighted by Gasteiger charge is 2.15. The summed E-state index contributed by atoms with van der Waals surface area (Å²) in [5.74, 6) is -0.182. The third-order valence-electron chi connectivity index (χ3n) is 1.96. The number of aromatic nitrogens is 4. The average molecular weight is 221 g/mol. The molecule has 0 aromatic carbocycles. The van der Waals surface area contributed by atoms with E-state index in [2.05, 4.69) is 19.9 Å². The lowest BCUT2D eigenvalue weighted by Gasteiger charge is -1.97. The van der Waals surface area contributed by atoms with Crippen molar-refractivity contribution in [3.8, 4) is 6.01 Å². The minimum Gasteiger partial charge on any atom is -0.465 e. The van der Waals surface area contributed by atoms with Crippen LogP contribution in [0.1, 0.15) is 23.2 Å². The molecule has 7 nitrogen and oxygen atoms in total. The molecule has 0 spiro atoms. The lowest BCUT2D eigenvalue weighted by atomic mass is 10.3. The zero-order valence-corrected chi connectivity index (χ0v) is 8.94. The zero-order chi connectivity index (χ0) is 11.7. The van der Waals surface area contributed by atoms with Gasteiger partial charge in [-0.05, 0) is 13.8 Å². The maximum Gasteiger partial charge on any atom is 0.296 e. The van der Waals surface area contributed by atoms with E-state index in [-0.39, 0.29) is 5.69 Å². The monoisotopic (exact) mass is 221 g/mol. The molecule has 0 unspecified atom stereocenters. The minimum atomic E-state index is -0.623. The molecular weight excluding hydrogens is 210 g/mol. The van der Waals surface area contributed by atoms with Crippen molar-refractivity contribution in [1.82, 2.24) is 19.9 Å². The average Bonchev–Trinajstić information content (AvgIpc) is 2.59. The van der Waals surface area contributed by atoms with Gasteiger partial charge >= 0.3 is 0 Å². The Labute approximate surface area is 91.1 Å². The Morgan fingerprint density at radius 3 is 2.81 bits per heavy atom. The number of nitrogens with two attached hydrogens (primary N) is 1. The number of primary amides is 1. The van der Waals surface area contributed by atoms with Gasteiger partial charge in [-0.1, -0.05) is 0 Å². The number of carbonyl (C=O) groups excluding carboxylic acids is 1. The zero-order valence-electron chi connectivity index (χ0n) is 8.94. The molecule has 0 bridgehead atoms. The number of aromatic amines is 1. The molecule has 2 heterocycles. The Balaban J connectivity index is 2.65. The van der Waals surface area contributed by atoms with Crippen LogP contribution in [-0.4, -0.2) is 32.4 Å². The van der Waals surface area contributed by atoms with E-state index in [9.17, 15) is 4.79 Å². The Morgan fingerprint density at radius 1 is 1.44 bits per heavy atom. The normalized spacial score (nSPS) is 10.6. The van der Waals surface area contributed by atoms with Crippen LogP contribution >= 0.6 is 0 Å². The summed E-state index contributed by atoms with van der Waals surface area (Å²) in [6.45, 7) is 3.97. The van der Waals surface area contributed by atoms with E-state index in [1.165, 1.54) is 0 Å². The summed E-state index contributed by atoms with van der Waals surface area (Å²) in [5, 5.41) is 0. The van der Waals surface area contributed by atoms with Crippen LogP contribution in [0.25, 0.3) is 11.2 Å². The number of fused-ring (bicyclic) bond motifs is 1. The number of rotatable bonds is 3. The third-order valence-corrected chi connectivity index (χ3v) is 1.96. The van der Waals surface area contributed by atoms with Crippen molar-refractivity contribution in [2.24, 2.45) is 5.73 Å². The first-order valence-electron chi connectivity index (χ1n) is 4.78. The van der Waals surface area contributed by atoms with Gasteiger partial charge in [-0.3, -0.25) is 4.79 Å². The van der Waals surface area contributed by atoms with Crippen LogP contribution in [0.15, 0.2) is 0 Å². The number of hydrogen-bond acceptors (Lipinski definition) is 5. The van der Waals surface area contributed by atoms with Crippen LogP contribution in [0.2, 0.25) is 0 Å². The van der Waals surface area contributed by atoms with Crippen LogP contribution in [0.3, 0.4) is 0 Å². The van der Waals surface area contributed by atoms with Gasteiger partial charge < -0.3 is 15.5 Å². The van der Waals surface area contributed by atoms with E-state index in [0.29, 0.717) is 29.6 Å². The molecule has 7 heteroatoms. The highest BCUT2D eigenvalue weighted by molar-refractivity contribution is 6.01. The SMILES string of the molecule is CCOc1nc2nc(C)nc(C(N)=O)c2[nH]1. The molecule has 2 aromatic rings. The molecule has 2 aromatic heterocycles. The number of nitrogens with one attached hydrogen (secondary N) is 1. The van der Waals surface area contributed by atoms with Gasteiger partial charge in [0.1, 0.15) is 11.3 Å². The van der Waals surface area contributed by atoms with Gasteiger partial charge in [0.05, 0.1) is 6.61 Å². The predicted octanol–water partition coefficient (Wildman–Crippen LogP) is 0.159. The largest absolute Gasteiger partial charge is 0.465 e. The number of hydrogen-bond donors (Lipinski definition) is 2. The number of carbonyl (C=O) groups is 1. The quantitative estimate of drug-likeness (QED) is 0.767. The Kier molecular flexibility index (Phi) is 2.43. The van der Waals surface area contributed by atoms with Crippen LogP contribution in [0, 0.1) is 6.92 Å². The highest BCUT2D eigenvalue weighted by atomic mass is 16.5. The Morgan fingerprint density at radius 2 is 2.19 bits per heavy atom. The highest BCUT2D eigenvalue weighted by Crippen LogP contribution is 2.16. The smallest absolute Gasteiger partial charge is 0.296 e. The third kappa shape index (κ3) is 1.67. The summed E-state index contributed by atoms with van der Waals surface area (Å²) in [7, 11) is 0. The molecular formula is C9H11N5O2. The van der Waals surface area contributed by atoms with E-state index in [1.807, 2.05) is 6.92 Å². The van der Waals surface area contributed by atoms with Gasteiger partial charge in [0, 0.05) is 0 Å². The van der Waals surface area contributed by atoms with Gasteiger partial charge in [0.2, 0.25) is 0 Å². The van der Waals surface area contributed by atoms with Crippen molar-refractivity contribution < 1.29 is 9.53 Å². The molecule has 0 aliphatic heterocycles. The number of amides is 1. The molecule has 0 aliphatic carbocycles. The first-order chi connectivity index (χ1) is 7.61. The van der Waals surface area contributed by atoms with E-state index >= 15 is 0 Å². The summed E-state index contributed by atoms with van der Waals surface area (Å²) in [6, 6.07) is 0.305. The predicted molar refractivity (Wildman–Crippen MR) is 56.1 cm³/mol. The topological polar surface area (TPSA) is 107 Å². The van der Waals surface area contributed by atoms with Crippen molar-refractivity contribution >= 4 is 17.1 Å². The van der Waals surface area contributed by atoms with Gasteiger partial charge in [-0.2, -0.15) is 4.98 Å². The molecule has 0 atom stereocenters. The van der Waals surface area contributed by atoms with Crippen molar-refractivity contribution in [1.29, 1.82) is 0 Å². The molecule has 0 saturated carbocycles. The molecule has 84 valence electrons. The molecule has 0 aliphatic rings. The molecule has 2 rings (SSSR count). The fraction of sp³-hybridized carbons (Fsp3) is 0.333. The lowest BCUT2D eigenvalue weighted by molar-refractivity contribution is 0.0997. The van der Waals surface area contributed by atoms with Crippen molar-refractivity contribution in [2.45, 2.75) is 13.8 Å². The van der Waals surface area contributed by atoms with E-state index < -0.39 is 5.91 Å². The van der Waals surface area contributed by atoms with Crippen LogP contribution in [-0.2, 0) is 0 Å². The van der Waals surface area contributed by atoms with E-state index in [0.717, 1.165) is 0 Å². The number of ether oxygens (including phenoxy) is 1. The molecule has 0 saturated heterocycles. The number of imidazole rings is 1. The van der Waals surface area contributed by atoms with Gasteiger partial charge in [-0.15, -0.1) is 0 Å². The summed E-state index contributed by atoms with van der Waals surface area (Å²) in [4.78, 5) is 26.1. The molecule has 16 heavy (non-hydrogen) atoms. The second-order valence-corrected chi connectivity index (χ2v) is 3.16. The summed E-state index contributed by atoms with van der Waals surface area (Å²) >= 11 is 0. The maximum atomic E-state index is 11.2. The van der Waals surface area contributed by atoms with Gasteiger partial charge in [0.25, 0.3) is 11.9 Å². The standard InChI is InChI=1S/C9H11N5O2/c1-3-16-9-13-6-5(7(10)15)11-4(2)12-8(6)14-9/h3H2,1-2H3,(H2,10,15)(H,11,12,13,14). The van der Waals surface area contributed by atoms with Gasteiger partial charge in [-0.25, -0.2) is 9.97 Å². The number of aryl methyl sites for hydroxylation is 1. The summed E-state index contributed by atoms with van der Waals surface area (Å²) in [6.07, 6.45) is 0.